The van der Waals surface area contributed by atoms with Gasteiger partial charge in [-0.3, -0.25) is 4.79 Å². The number of aromatic nitrogens is 1. The lowest BCUT2D eigenvalue weighted by Gasteiger charge is -2.16. The van der Waals surface area contributed by atoms with Gasteiger partial charge in [0, 0.05) is 13.2 Å². The Labute approximate surface area is 88.7 Å². The van der Waals surface area contributed by atoms with E-state index >= 15 is 0 Å². The molecule has 7 heteroatoms. The molecule has 0 aliphatic heterocycles. The van der Waals surface area contributed by atoms with Gasteiger partial charge in [-0.15, -0.1) is 0 Å². The van der Waals surface area contributed by atoms with Crippen LogP contribution >= 0.6 is 0 Å². The van der Waals surface area contributed by atoms with Gasteiger partial charge in [-0.05, 0) is 6.07 Å². The molecule has 0 unspecified atom stereocenters. The van der Waals surface area contributed by atoms with Gasteiger partial charge in [0.05, 0.1) is 12.1 Å². The number of nitrogens with zero attached hydrogens (tertiary/aromatic N) is 2. The van der Waals surface area contributed by atoms with Gasteiger partial charge in [0.1, 0.15) is 0 Å². The van der Waals surface area contributed by atoms with E-state index in [0.717, 1.165) is 19.3 Å². The fraction of sp³-hybridized carbons (Fsp3) is 0.333. The molecule has 1 aromatic rings. The summed E-state index contributed by atoms with van der Waals surface area (Å²) in [5, 5.41) is 0. The van der Waals surface area contributed by atoms with Gasteiger partial charge >= 0.3 is 0 Å². The van der Waals surface area contributed by atoms with E-state index in [-0.39, 0.29) is 0 Å². The van der Waals surface area contributed by atoms with Crippen LogP contribution in [0.5, 0.6) is 0 Å². The Kier molecular flexibility index (Phi) is 3.81. The van der Waals surface area contributed by atoms with Gasteiger partial charge < -0.3 is 4.90 Å². The van der Waals surface area contributed by atoms with Gasteiger partial charge in [-0.2, -0.15) is 4.39 Å². The molecule has 0 spiro atoms. The van der Waals surface area contributed by atoms with Crippen molar-refractivity contribution in [1.82, 2.24) is 9.88 Å². The van der Waals surface area contributed by atoms with Crippen LogP contribution < -0.4 is 0 Å². The quantitative estimate of drug-likeness (QED) is 0.591. The standard InChI is InChI=1S/C9H8F4N2O/c1-15(4-6(10)11)9(16)5-2-3-14-8(13)7(5)12/h2-3,6H,4H2,1H3. The Morgan fingerprint density at radius 1 is 1.50 bits per heavy atom. The van der Waals surface area contributed by atoms with Crippen LogP contribution in [0, 0.1) is 11.8 Å². The number of carbonyl (C=O) groups excluding carboxylic acids is 1. The van der Waals surface area contributed by atoms with E-state index in [1.807, 2.05) is 0 Å². The fourth-order valence-electron chi connectivity index (χ4n) is 1.08. The first kappa shape index (κ1) is 12.4. The monoisotopic (exact) mass is 236 g/mol. The Morgan fingerprint density at radius 2 is 2.12 bits per heavy atom. The number of alkyl halides is 2. The Morgan fingerprint density at radius 3 is 2.69 bits per heavy atom. The molecule has 0 bridgehead atoms. The van der Waals surface area contributed by atoms with Crippen molar-refractivity contribution in [2.45, 2.75) is 6.43 Å². The lowest BCUT2D eigenvalue weighted by Crippen LogP contribution is -2.32. The molecule has 1 heterocycles. The molecule has 1 amide bonds. The second kappa shape index (κ2) is 4.91. The first-order valence-corrected chi connectivity index (χ1v) is 4.27. The van der Waals surface area contributed by atoms with Crippen molar-refractivity contribution in [3.8, 4) is 0 Å². The lowest BCUT2D eigenvalue weighted by atomic mass is 10.2. The highest BCUT2D eigenvalue weighted by Crippen LogP contribution is 2.11. The van der Waals surface area contributed by atoms with E-state index in [1.165, 1.54) is 0 Å². The molecule has 0 saturated carbocycles. The maximum atomic E-state index is 13.1. The first-order chi connectivity index (χ1) is 7.43. The van der Waals surface area contributed by atoms with Crippen LogP contribution in [-0.4, -0.2) is 35.8 Å². The average Bonchev–Trinajstić information content (AvgIpc) is 2.20. The van der Waals surface area contributed by atoms with Gasteiger partial charge in [0.15, 0.2) is 5.82 Å². The zero-order valence-corrected chi connectivity index (χ0v) is 8.25. The number of carbonyl (C=O) groups is 1. The molecule has 0 radical (unpaired) electrons. The summed E-state index contributed by atoms with van der Waals surface area (Å²) in [5.74, 6) is -3.89. The third-order valence-corrected chi connectivity index (χ3v) is 1.84. The van der Waals surface area contributed by atoms with Crippen molar-refractivity contribution in [2.24, 2.45) is 0 Å². The normalized spacial score (nSPS) is 10.6. The van der Waals surface area contributed by atoms with Gasteiger partial charge in [0.2, 0.25) is 5.95 Å². The fourth-order valence-corrected chi connectivity index (χ4v) is 1.08. The van der Waals surface area contributed by atoms with Crippen molar-refractivity contribution in [3.05, 3.63) is 29.6 Å². The Hall–Kier alpha value is -1.66. The molecule has 16 heavy (non-hydrogen) atoms. The van der Waals surface area contributed by atoms with Gasteiger partial charge in [-0.25, -0.2) is 18.2 Å². The lowest BCUT2D eigenvalue weighted by molar-refractivity contribution is 0.0615. The SMILES string of the molecule is CN(CC(F)F)C(=O)c1ccnc(F)c1F. The highest BCUT2D eigenvalue weighted by molar-refractivity contribution is 5.94. The largest absolute Gasteiger partial charge is 0.336 e. The van der Waals surface area contributed by atoms with E-state index in [9.17, 15) is 22.4 Å². The van der Waals surface area contributed by atoms with Gasteiger partial charge in [-0.1, -0.05) is 0 Å². The van der Waals surface area contributed by atoms with Crippen molar-refractivity contribution < 1.29 is 22.4 Å². The molecule has 1 rings (SSSR count). The molecule has 1 aromatic heterocycles. The molecule has 88 valence electrons. The molecule has 0 saturated heterocycles. The molecule has 0 N–H and O–H groups in total. The summed E-state index contributed by atoms with van der Waals surface area (Å²) < 4.78 is 49.7. The molecule has 0 aromatic carbocycles. The van der Waals surface area contributed by atoms with Crippen molar-refractivity contribution in [3.63, 3.8) is 0 Å². The second-order valence-corrected chi connectivity index (χ2v) is 3.04. The molecule has 0 aliphatic carbocycles. The second-order valence-electron chi connectivity index (χ2n) is 3.04. The zero-order chi connectivity index (χ0) is 12.3. The smallest absolute Gasteiger partial charge is 0.256 e. The summed E-state index contributed by atoms with van der Waals surface area (Å²) in [6.45, 7) is -0.845. The van der Waals surface area contributed by atoms with Crippen molar-refractivity contribution in [2.75, 3.05) is 13.6 Å². The number of amides is 1. The highest BCUT2D eigenvalue weighted by Gasteiger charge is 2.21. The van der Waals surface area contributed by atoms with E-state index in [2.05, 4.69) is 4.98 Å². The topological polar surface area (TPSA) is 33.2 Å². The summed E-state index contributed by atoms with van der Waals surface area (Å²) in [5.41, 5.74) is -0.615. The molecular formula is C9H8F4N2O. The molecule has 0 aliphatic rings. The summed E-state index contributed by atoms with van der Waals surface area (Å²) in [4.78, 5) is 15.0. The average molecular weight is 236 g/mol. The van der Waals surface area contributed by atoms with Crippen LogP contribution in [0.3, 0.4) is 0 Å². The summed E-state index contributed by atoms with van der Waals surface area (Å²) in [6, 6.07) is 0.933. The number of halogens is 4. The van der Waals surface area contributed by atoms with Crippen LogP contribution in [0.1, 0.15) is 10.4 Å². The molecule has 0 atom stereocenters. The number of pyridine rings is 1. The van der Waals surface area contributed by atoms with Crippen LogP contribution in [0.25, 0.3) is 0 Å². The molecular weight excluding hydrogens is 228 g/mol. The van der Waals surface area contributed by atoms with Crippen molar-refractivity contribution >= 4 is 5.91 Å². The Bertz CT molecular complexity index is 397. The highest BCUT2D eigenvalue weighted by atomic mass is 19.3. The molecule has 3 nitrogen and oxygen atoms in total. The number of hydrogen-bond acceptors (Lipinski definition) is 2. The first-order valence-electron chi connectivity index (χ1n) is 4.27. The molecule has 0 fully saturated rings. The summed E-state index contributed by atoms with van der Waals surface area (Å²) >= 11 is 0. The van der Waals surface area contributed by atoms with Crippen molar-refractivity contribution in [1.29, 1.82) is 0 Å². The van der Waals surface area contributed by atoms with Crippen LogP contribution in [0.4, 0.5) is 17.6 Å². The van der Waals surface area contributed by atoms with Crippen LogP contribution in [0.2, 0.25) is 0 Å². The summed E-state index contributed by atoms with van der Waals surface area (Å²) in [6.07, 6.45) is -1.84. The zero-order valence-electron chi connectivity index (χ0n) is 8.25. The predicted molar refractivity (Wildman–Crippen MR) is 47.1 cm³/mol. The number of hydrogen-bond donors (Lipinski definition) is 0. The maximum absolute atomic E-state index is 13.1. The predicted octanol–water partition coefficient (Wildman–Crippen LogP) is 1.70. The minimum absolute atomic E-state index is 0.614. The minimum atomic E-state index is -2.73. The maximum Gasteiger partial charge on any atom is 0.256 e. The van der Waals surface area contributed by atoms with E-state index in [0.29, 0.717) is 4.90 Å². The number of rotatable bonds is 3. The summed E-state index contributed by atoms with van der Waals surface area (Å²) in [7, 11) is 1.08. The van der Waals surface area contributed by atoms with Gasteiger partial charge in [0.25, 0.3) is 12.3 Å². The Balaban J connectivity index is 2.92. The van der Waals surface area contributed by atoms with Crippen LogP contribution in [-0.2, 0) is 0 Å². The van der Waals surface area contributed by atoms with E-state index < -0.39 is 36.2 Å². The minimum Gasteiger partial charge on any atom is -0.336 e. The third-order valence-electron chi connectivity index (χ3n) is 1.84. The van der Waals surface area contributed by atoms with E-state index in [4.69, 9.17) is 0 Å². The van der Waals surface area contributed by atoms with Crippen LogP contribution in [0.15, 0.2) is 12.3 Å². The van der Waals surface area contributed by atoms with E-state index in [1.54, 1.807) is 0 Å². The third kappa shape index (κ3) is 2.68.